The zero-order valence-corrected chi connectivity index (χ0v) is 17.3. The first-order chi connectivity index (χ1) is 14.8. The number of nitrogens with zero attached hydrogens (tertiary/aromatic N) is 2. The highest BCUT2D eigenvalue weighted by atomic mass is 19.4. The van der Waals surface area contributed by atoms with E-state index in [4.69, 9.17) is 4.74 Å². The van der Waals surface area contributed by atoms with E-state index in [-0.39, 0.29) is 17.8 Å². The zero-order valence-electron chi connectivity index (χ0n) is 17.3. The van der Waals surface area contributed by atoms with Crippen molar-refractivity contribution >= 4 is 10.9 Å². The van der Waals surface area contributed by atoms with E-state index in [0.717, 1.165) is 43.6 Å². The average molecular weight is 432 g/mol. The Labute approximate surface area is 178 Å². The highest BCUT2D eigenvalue weighted by molar-refractivity contribution is 5.82. The second-order valence-electron chi connectivity index (χ2n) is 8.29. The molecule has 2 heterocycles. The average Bonchev–Trinajstić information content (AvgIpc) is 2.75. The Morgan fingerprint density at radius 1 is 1.06 bits per heavy atom. The van der Waals surface area contributed by atoms with Crippen LogP contribution in [0.5, 0.6) is 0 Å². The van der Waals surface area contributed by atoms with Crippen molar-refractivity contribution in [3.8, 4) is 0 Å². The first kappa shape index (κ1) is 21.7. The van der Waals surface area contributed by atoms with E-state index in [1.54, 1.807) is 30.5 Å². The molecule has 1 aliphatic rings. The fraction of sp³-hybridized carbons (Fsp3) is 0.375. The zero-order chi connectivity index (χ0) is 22.1. The van der Waals surface area contributed by atoms with Crippen molar-refractivity contribution in [3.63, 3.8) is 0 Å². The molecular weight excluding hydrogens is 408 g/mol. The molecular formula is C24H24F4N2O. The lowest BCUT2D eigenvalue weighted by molar-refractivity contribution is -0.137. The molecule has 1 aliphatic heterocycles. The molecule has 0 aliphatic carbocycles. The maximum absolute atomic E-state index is 13.5. The van der Waals surface area contributed by atoms with E-state index in [2.05, 4.69) is 16.9 Å². The molecule has 0 N–H and O–H groups in total. The van der Waals surface area contributed by atoms with Gasteiger partial charge in [-0.3, -0.25) is 4.98 Å². The molecule has 1 aromatic heterocycles. The van der Waals surface area contributed by atoms with Crippen molar-refractivity contribution < 1.29 is 22.3 Å². The predicted octanol–water partition coefficient (Wildman–Crippen LogP) is 5.57. The topological polar surface area (TPSA) is 25.4 Å². The summed E-state index contributed by atoms with van der Waals surface area (Å²) < 4.78 is 59.6. The van der Waals surface area contributed by atoms with Crippen LogP contribution in [0.4, 0.5) is 17.6 Å². The molecule has 4 rings (SSSR count). The third-order valence-electron chi connectivity index (χ3n) is 6.15. The highest BCUT2D eigenvalue weighted by Crippen LogP contribution is 2.37. The van der Waals surface area contributed by atoms with Crippen LogP contribution in [0, 0.1) is 5.82 Å². The molecule has 1 fully saturated rings. The fourth-order valence-electron chi connectivity index (χ4n) is 4.26. The van der Waals surface area contributed by atoms with E-state index in [1.165, 1.54) is 12.1 Å². The van der Waals surface area contributed by atoms with Gasteiger partial charge >= 0.3 is 6.18 Å². The summed E-state index contributed by atoms with van der Waals surface area (Å²) in [5.41, 5.74) is 0.904. The lowest BCUT2D eigenvalue weighted by Gasteiger charge is -2.41. The van der Waals surface area contributed by atoms with Crippen LogP contribution in [0.15, 0.2) is 54.7 Å². The van der Waals surface area contributed by atoms with Gasteiger partial charge in [-0.2, -0.15) is 13.2 Å². The first-order valence-electron chi connectivity index (χ1n) is 10.2. The number of hydrogen-bond donors (Lipinski definition) is 0. The second kappa shape index (κ2) is 8.55. The number of ether oxygens (including phenoxy) is 1. The van der Waals surface area contributed by atoms with Gasteiger partial charge < -0.3 is 9.64 Å². The number of aromatic nitrogens is 1. The predicted molar refractivity (Wildman–Crippen MR) is 111 cm³/mol. The molecule has 7 heteroatoms. The molecule has 0 spiro atoms. The summed E-state index contributed by atoms with van der Waals surface area (Å²) in [5.74, 6) is -0.297. The van der Waals surface area contributed by atoms with Crippen LogP contribution in [-0.4, -0.2) is 36.6 Å². The van der Waals surface area contributed by atoms with Gasteiger partial charge in [0.05, 0.1) is 24.3 Å². The summed E-state index contributed by atoms with van der Waals surface area (Å²) in [4.78, 5) is 6.50. The number of pyridine rings is 1. The number of benzene rings is 2. The summed E-state index contributed by atoms with van der Waals surface area (Å²) in [6, 6.07) is 11.9. The van der Waals surface area contributed by atoms with E-state index in [0.29, 0.717) is 23.1 Å². The molecule has 0 unspecified atom stereocenters. The minimum Gasteiger partial charge on any atom is -0.376 e. The largest absolute Gasteiger partial charge is 0.416 e. The summed E-state index contributed by atoms with van der Waals surface area (Å²) in [5, 5.41) is 0.434. The third-order valence-corrected chi connectivity index (χ3v) is 6.15. The molecule has 0 bridgehead atoms. The van der Waals surface area contributed by atoms with Crippen LogP contribution in [0.3, 0.4) is 0 Å². The molecule has 3 aromatic rings. The van der Waals surface area contributed by atoms with Gasteiger partial charge in [0.1, 0.15) is 5.82 Å². The van der Waals surface area contributed by atoms with Gasteiger partial charge in [-0.1, -0.05) is 18.2 Å². The van der Waals surface area contributed by atoms with Gasteiger partial charge in [-0.05, 0) is 68.9 Å². The first-order valence-corrected chi connectivity index (χ1v) is 10.2. The molecule has 0 amide bonds. The Balaban J connectivity index is 1.59. The summed E-state index contributed by atoms with van der Waals surface area (Å²) in [7, 11) is 2.05. The van der Waals surface area contributed by atoms with Gasteiger partial charge in [0, 0.05) is 22.6 Å². The second-order valence-corrected chi connectivity index (χ2v) is 8.29. The maximum Gasteiger partial charge on any atom is 0.416 e. The minimum absolute atomic E-state index is 0.0240. The number of likely N-dealkylation sites (tertiary alicyclic amines) is 1. The van der Waals surface area contributed by atoms with Crippen LogP contribution in [-0.2, 0) is 22.9 Å². The standard InChI is InChI=1S/C24H24F4N2O/c1-30-11-8-23(9-12-30,19-4-6-21(25)7-5-19)16-31-15-18-14-20(24(26,27)28)13-17-3-2-10-29-22(17)18/h2-7,10,13-14H,8-9,11-12,15-16H2,1H3. The van der Waals surface area contributed by atoms with Crippen molar-refractivity contribution in [1.29, 1.82) is 0 Å². The molecule has 31 heavy (non-hydrogen) atoms. The van der Waals surface area contributed by atoms with Gasteiger partial charge in [0.25, 0.3) is 0 Å². The smallest absolute Gasteiger partial charge is 0.376 e. The molecule has 164 valence electrons. The normalized spacial score (nSPS) is 17.2. The number of rotatable bonds is 5. The lowest BCUT2D eigenvalue weighted by Crippen LogP contribution is -2.43. The van der Waals surface area contributed by atoms with E-state index < -0.39 is 11.7 Å². The Hall–Kier alpha value is -2.51. The Kier molecular flexibility index (Phi) is 5.99. The van der Waals surface area contributed by atoms with Gasteiger partial charge in [-0.15, -0.1) is 0 Å². The minimum atomic E-state index is -4.44. The van der Waals surface area contributed by atoms with Gasteiger partial charge in [0.15, 0.2) is 0 Å². The number of alkyl halides is 3. The van der Waals surface area contributed by atoms with Gasteiger partial charge in [0.2, 0.25) is 0 Å². The molecule has 0 radical (unpaired) electrons. The van der Waals surface area contributed by atoms with E-state index >= 15 is 0 Å². The van der Waals surface area contributed by atoms with Crippen molar-refractivity contribution in [2.45, 2.75) is 31.0 Å². The van der Waals surface area contributed by atoms with Crippen LogP contribution in [0.25, 0.3) is 10.9 Å². The van der Waals surface area contributed by atoms with Crippen LogP contribution < -0.4 is 0 Å². The quantitative estimate of drug-likeness (QED) is 0.493. The van der Waals surface area contributed by atoms with Crippen molar-refractivity contribution in [1.82, 2.24) is 9.88 Å². The fourth-order valence-corrected chi connectivity index (χ4v) is 4.26. The molecule has 0 atom stereocenters. The summed E-state index contributed by atoms with van der Waals surface area (Å²) >= 11 is 0. The lowest BCUT2D eigenvalue weighted by atomic mass is 9.73. The van der Waals surface area contributed by atoms with Crippen LogP contribution >= 0.6 is 0 Å². The van der Waals surface area contributed by atoms with Crippen LogP contribution in [0.1, 0.15) is 29.5 Å². The highest BCUT2D eigenvalue weighted by Gasteiger charge is 2.36. The maximum atomic E-state index is 13.5. The van der Waals surface area contributed by atoms with Crippen molar-refractivity contribution in [2.24, 2.45) is 0 Å². The third kappa shape index (κ3) is 4.72. The Bertz CT molecular complexity index is 1040. The van der Waals surface area contributed by atoms with Gasteiger partial charge in [-0.25, -0.2) is 4.39 Å². The summed E-state index contributed by atoms with van der Waals surface area (Å²) in [6.45, 7) is 2.11. The summed E-state index contributed by atoms with van der Waals surface area (Å²) in [6.07, 6.45) is -1.22. The Morgan fingerprint density at radius 2 is 1.77 bits per heavy atom. The van der Waals surface area contributed by atoms with Crippen LogP contribution in [0.2, 0.25) is 0 Å². The van der Waals surface area contributed by atoms with Crippen molar-refractivity contribution in [2.75, 3.05) is 26.7 Å². The number of piperidine rings is 1. The number of halogens is 4. The number of hydrogen-bond acceptors (Lipinski definition) is 3. The molecule has 3 nitrogen and oxygen atoms in total. The molecule has 2 aromatic carbocycles. The SMILES string of the molecule is CN1CCC(COCc2cc(C(F)(F)F)cc3cccnc23)(c2ccc(F)cc2)CC1. The molecule has 0 saturated carbocycles. The molecule has 1 saturated heterocycles. The Morgan fingerprint density at radius 3 is 2.45 bits per heavy atom. The van der Waals surface area contributed by atoms with Crippen molar-refractivity contribution in [3.05, 3.63) is 77.2 Å². The monoisotopic (exact) mass is 432 g/mol. The number of fused-ring (bicyclic) bond motifs is 1. The van der Waals surface area contributed by atoms with E-state index in [9.17, 15) is 17.6 Å². The van der Waals surface area contributed by atoms with E-state index in [1.807, 2.05) is 0 Å².